The number of fused-ring (bicyclic) bond motifs is 2. The molecule has 0 aromatic carbocycles. The highest BCUT2D eigenvalue weighted by molar-refractivity contribution is 5.09. The van der Waals surface area contributed by atoms with Crippen LogP contribution in [0.25, 0.3) is 0 Å². The van der Waals surface area contributed by atoms with Gasteiger partial charge in [0.05, 0.1) is 0 Å². The second kappa shape index (κ2) is 4.75. The lowest BCUT2D eigenvalue weighted by Crippen LogP contribution is -2.32. The van der Waals surface area contributed by atoms with Crippen molar-refractivity contribution in [3.8, 4) is 0 Å². The molecule has 3 unspecified atom stereocenters. The molecule has 3 atom stereocenters. The van der Waals surface area contributed by atoms with Crippen LogP contribution in [-0.2, 0) is 6.54 Å². The van der Waals surface area contributed by atoms with Crippen LogP contribution in [0.1, 0.15) is 24.8 Å². The summed E-state index contributed by atoms with van der Waals surface area (Å²) in [5.41, 5.74) is 1.36. The van der Waals surface area contributed by atoms with E-state index in [-0.39, 0.29) is 0 Å². The molecule has 2 saturated heterocycles. The molecular formula is C14H21N3. The van der Waals surface area contributed by atoms with Gasteiger partial charge in [-0.15, -0.1) is 0 Å². The lowest BCUT2D eigenvalue weighted by molar-refractivity contribution is 0.242. The molecule has 2 aliphatic rings. The Morgan fingerprint density at radius 3 is 2.82 bits per heavy atom. The third kappa shape index (κ3) is 2.50. The molecule has 3 heterocycles. The van der Waals surface area contributed by atoms with Gasteiger partial charge in [0, 0.05) is 37.6 Å². The first-order valence-electron chi connectivity index (χ1n) is 6.65. The van der Waals surface area contributed by atoms with Crippen LogP contribution in [0.4, 0.5) is 0 Å². The van der Waals surface area contributed by atoms with E-state index in [1.54, 1.807) is 0 Å². The molecule has 3 rings (SSSR count). The molecule has 1 N–H and O–H groups in total. The Hall–Kier alpha value is -0.930. The standard InChI is InChI=1S/C14H21N3/c1-17(9-11-4-6-15-7-5-11)10-12-8-13-2-3-14(12)16-13/h4-7,12-14,16H,2-3,8-10H2,1H3. The van der Waals surface area contributed by atoms with Crippen LogP contribution in [0.3, 0.4) is 0 Å². The molecule has 2 fully saturated rings. The lowest BCUT2D eigenvalue weighted by atomic mass is 9.89. The SMILES string of the molecule is CN(Cc1ccncc1)CC1CC2CCC1N2. The Morgan fingerprint density at radius 1 is 1.35 bits per heavy atom. The van der Waals surface area contributed by atoms with Crippen molar-refractivity contribution < 1.29 is 0 Å². The molecule has 3 heteroatoms. The summed E-state index contributed by atoms with van der Waals surface area (Å²) in [6, 6.07) is 5.82. The highest BCUT2D eigenvalue weighted by atomic mass is 15.1. The molecule has 0 amide bonds. The monoisotopic (exact) mass is 231 g/mol. The maximum absolute atomic E-state index is 4.06. The van der Waals surface area contributed by atoms with E-state index in [1.807, 2.05) is 12.4 Å². The lowest BCUT2D eigenvalue weighted by Gasteiger charge is -2.26. The number of nitrogens with one attached hydrogen (secondary N) is 1. The molecule has 1 aromatic rings. The second-order valence-corrected chi connectivity index (χ2v) is 5.60. The summed E-state index contributed by atoms with van der Waals surface area (Å²) in [5, 5.41) is 3.71. The number of aromatic nitrogens is 1. The van der Waals surface area contributed by atoms with Gasteiger partial charge in [-0.25, -0.2) is 0 Å². The van der Waals surface area contributed by atoms with Crippen LogP contribution in [-0.4, -0.2) is 35.6 Å². The summed E-state index contributed by atoms with van der Waals surface area (Å²) in [6.45, 7) is 2.26. The van der Waals surface area contributed by atoms with E-state index < -0.39 is 0 Å². The summed E-state index contributed by atoms with van der Waals surface area (Å²) < 4.78 is 0. The topological polar surface area (TPSA) is 28.2 Å². The Kier molecular flexibility index (Phi) is 3.12. The summed E-state index contributed by atoms with van der Waals surface area (Å²) in [6.07, 6.45) is 7.92. The molecule has 0 spiro atoms. The van der Waals surface area contributed by atoms with Crippen molar-refractivity contribution in [3.05, 3.63) is 30.1 Å². The molecule has 0 saturated carbocycles. The Balaban J connectivity index is 1.52. The van der Waals surface area contributed by atoms with Gasteiger partial charge in [0.15, 0.2) is 0 Å². The van der Waals surface area contributed by atoms with Crippen LogP contribution < -0.4 is 5.32 Å². The van der Waals surface area contributed by atoms with E-state index in [0.717, 1.165) is 24.5 Å². The van der Waals surface area contributed by atoms with E-state index in [0.29, 0.717) is 0 Å². The number of rotatable bonds is 4. The summed E-state index contributed by atoms with van der Waals surface area (Å²) in [4.78, 5) is 6.51. The molecule has 3 nitrogen and oxygen atoms in total. The van der Waals surface area contributed by atoms with Crippen molar-refractivity contribution in [2.45, 2.75) is 37.9 Å². The van der Waals surface area contributed by atoms with E-state index in [1.165, 1.54) is 31.4 Å². The number of pyridine rings is 1. The minimum atomic E-state index is 0.792. The predicted octanol–water partition coefficient (Wildman–Crippen LogP) is 1.65. The van der Waals surface area contributed by atoms with E-state index in [2.05, 4.69) is 34.4 Å². The summed E-state index contributed by atoms with van der Waals surface area (Å²) in [5.74, 6) is 0.862. The normalized spacial score (nSPS) is 31.3. The van der Waals surface area contributed by atoms with Crippen LogP contribution in [0.5, 0.6) is 0 Å². The van der Waals surface area contributed by atoms with Crippen molar-refractivity contribution in [2.24, 2.45) is 5.92 Å². The number of hydrogen-bond acceptors (Lipinski definition) is 3. The van der Waals surface area contributed by atoms with Crippen molar-refractivity contribution in [1.29, 1.82) is 0 Å². The Bertz CT molecular complexity index is 365. The summed E-state index contributed by atoms with van der Waals surface area (Å²) >= 11 is 0. The van der Waals surface area contributed by atoms with Crippen molar-refractivity contribution >= 4 is 0 Å². The average molecular weight is 231 g/mol. The van der Waals surface area contributed by atoms with Crippen molar-refractivity contribution in [2.75, 3.05) is 13.6 Å². The van der Waals surface area contributed by atoms with Gasteiger partial charge in [0.2, 0.25) is 0 Å². The summed E-state index contributed by atoms with van der Waals surface area (Å²) in [7, 11) is 2.23. The van der Waals surface area contributed by atoms with Crippen LogP contribution >= 0.6 is 0 Å². The third-order valence-electron chi connectivity index (χ3n) is 4.18. The van der Waals surface area contributed by atoms with Gasteiger partial charge in [-0.3, -0.25) is 4.98 Å². The molecule has 0 aliphatic carbocycles. The molecule has 92 valence electrons. The first kappa shape index (κ1) is 11.2. The molecule has 2 bridgehead atoms. The molecule has 2 aliphatic heterocycles. The van der Waals surface area contributed by atoms with Crippen LogP contribution in [0.15, 0.2) is 24.5 Å². The average Bonchev–Trinajstić information content (AvgIpc) is 2.92. The van der Waals surface area contributed by atoms with Gasteiger partial charge in [-0.2, -0.15) is 0 Å². The maximum Gasteiger partial charge on any atom is 0.0271 e. The number of nitrogens with zero attached hydrogens (tertiary/aromatic N) is 2. The van der Waals surface area contributed by atoms with Crippen LogP contribution in [0, 0.1) is 5.92 Å². The molecule has 0 radical (unpaired) electrons. The molecular weight excluding hydrogens is 210 g/mol. The van der Waals surface area contributed by atoms with Gasteiger partial charge in [-0.1, -0.05) is 0 Å². The first-order chi connectivity index (χ1) is 8.31. The molecule has 1 aromatic heterocycles. The first-order valence-corrected chi connectivity index (χ1v) is 6.65. The Morgan fingerprint density at radius 2 is 2.18 bits per heavy atom. The van der Waals surface area contributed by atoms with Gasteiger partial charge in [-0.05, 0) is 49.9 Å². The van der Waals surface area contributed by atoms with Gasteiger partial charge in [0.1, 0.15) is 0 Å². The quantitative estimate of drug-likeness (QED) is 0.854. The minimum absolute atomic E-state index is 0.792. The smallest absolute Gasteiger partial charge is 0.0271 e. The predicted molar refractivity (Wildman–Crippen MR) is 68.6 cm³/mol. The minimum Gasteiger partial charge on any atom is -0.311 e. The molecule has 17 heavy (non-hydrogen) atoms. The van der Waals surface area contributed by atoms with Crippen molar-refractivity contribution in [3.63, 3.8) is 0 Å². The fourth-order valence-electron chi connectivity index (χ4n) is 3.40. The van der Waals surface area contributed by atoms with Crippen LogP contribution in [0.2, 0.25) is 0 Å². The van der Waals surface area contributed by atoms with E-state index in [9.17, 15) is 0 Å². The highest BCUT2D eigenvalue weighted by Crippen LogP contribution is 2.33. The fourth-order valence-corrected chi connectivity index (χ4v) is 3.40. The van der Waals surface area contributed by atoms with E-state index >= 15 is 0 Å². The largest absolute Gasteiger partial charge is 0.311 e. The maximum atomic E-state index is 4.06. The second-order valence-electron chi connectivity index (χ2n) is 5.60. The van der Waals surface area contributed by atoms with Gasteiger partial charge in [0.25, 0.3) is 0 Å². The number of hydrogen-bond donors (Lipinski definition) is 1. The van der Waals surface area contributed by atoms with Gasteiger partial charge >= 0.3 is 0 Å². The zero-order chi connectivity index (χ0) is 11.7. The van der Waals surface area contributed by atoms with Crippen molar-refractivity contribution in [1.82, 2.24) is 15.2 Å². The third-order valence-corrected chi connectivity index (χ3v) is 4.18. The van der Waals surface area contributed by atoms with Gasteiger partial charge < -0.3 is 10.2 Å². The zero-order valence-corrected chi connectivity index (χ0v) is 10.5. The van der Waals surface area contributed by atoms with E-state index in [4.69, 9.17) is 0 Å². The Labute approximate surface area is 103 Å². The zero-order valence-electron chi connectivity index (χ0n) is 10.5. The fraction of sp³-hybridized carbons (Fsp3) is 0.643. The highest BCUT2D eigenvalue weighted by Gasteiger charge is 2.38.